The van der Waals surface area contributed by atoms with E-state index in [0.717, 1.165) is 19.3 Å². The van der Waals surface area contributed by atoms with Crippen molar-refractivity contribution in [1.82, 2.24) is 0 Å². The third-order valence-electron chi connectivity index (χ3n) is 3.01. The Hall–Kier alpha value is -0.0800. The van der Waals surface area contributed by atoms with Gasteiger partial charge in [0, 0.05) is 0 Å². The van der Waals surface area contributed by atoms with E-state index in [0.29, 0.717) is 12.0 Å². The molecule has 1 aliphatic heterocycles. The lowest BCUT2D eigenvalue weighted by atomic mass is 9.96. The first-order valence-electron chi connectivity index (χ1n) is 5.26. The van der Waals surface area contributed by atoms with Gasteiger partial charge in [-0.2, -0.15) is 0 Å². The van der Waals surface area contributed by atoms with Crippen molar-refractivity contribution in [3.63, 3.8) is 0 Å². The normalized spacial score (nSPS) is 31.6. The van der Waals surface area contributed by atoms with Crippen LogP contribution < -0.4 is 0 Å². The highest BCUT2D eigenvalue weighted by molar-refractivity contribution is 4.82. The average molecular weight is 186 g/mol. The molecule has 2 nitrogen and oxygen atoms in total. The molecule has 13 heavy (non-hydrogen) atoms. The van der Waals surface area contributed by atoms with Gasteiger partial charge in [0.05, 0.1) is 17.8 Å². The van der Waals surface area contributed by atoms with E-state index in [1.54, 1.807) is 0 Å². The van der Waals surface area contributed by atoms with Crippen LogP contribution in [0.1, 0.15) is 47.0 Å². The molecule has 0 radical (unpaired) electrons. The summed E-state index contributed by atoms with van der Waals surface area (Å²) in [5.41, 5.74) is 0.0586. The number of aliphatic hydroxyl groups excluding tert-OH is 1. The highest BCUT2D eigenvalue weighted by Gasteiger charge is 2.32. The van der Waals surface area contributed by atoms with E-state index in [1.165, 1.54) is 0 Å². The van der Waals surface area contributed by atoms with E-state index >= 15 is 0 Å². The van der Waals surface area contributed by atoms with Gasteiger partial charge >= 0.3 is 0 Å². The molecule has 3 unspecified atom stereocenters. The highest BCUT2D eigenvalue weighted by Crippen LogP contribution is 2.32. The average Bonchev–Trinajstić information content (AvgIpc) is 2.30. The zero-order valence-electron chi connectivity index (χ0n) is 9.21. The van der Waals surface area contributed by atoms with Gasteiger partial charge in [0.2, 0.25) is 0 Å². The molecule has 0 bridgehead atoms. The van der Waals surface area contributed by atoms with Crippen LogP contribution >= 0.6 is 0 Å². The summed E-state index contributed by atoms with van der Waals surface area (Å²) in [4.78, 5) is 0. The second kappa shape index (κ2) is 3.97. The lowest BCUT2D eigenvalue weighted by Gasteiger charge is -2.22. The molecule has 0 aromatic heterocycles. The molecule has 1 saturated heterocycles. The van der Waals surface area contributed by atoms with Crippen molar-refractivity contribution in [2.45, 2.75) is 64.8 Å². The van der Waals surface area contributed by atoms with Gasteiger partial charge in [-0.05, 0) is 46.0 Å². The minimum Gasteiger partial charge on any atom is -0.393 e. The van der Waals surface area contributed by atoms with Crippen LogP contribution in [-0.2, 0) is 4.74 Å². The van der Waals surface area contributed by atoms with Crippen molar-refractivity contribution in [1.29, 1.82) is 0 Å². The summed E-state index contributed by atoms with van der Waals surface area (Å²) in [5.74, 6) is 0.346. The summed E-state index contributed by atoms with van der Waals surface area (Å²) in [7, 11) is 0. The number of hydrogen-bond donors (Lipinski definition) is 1. The number of aliphatic hydroxyl groups is 1. The molecule has 1 aliphatic rings. The topological polar surface area (TPSA) is 29.5 Å². The Labute approximate surface area is 81.3 Å². The van der Waals surface area contributed by atoms with Gasteiger partial charge in [0.15, 0.2) is 0 Å². The number of rotatable bonds is 3. The van der Waals surface area contributed by atoms with Crippen molar-refractivity contribution in [2.75, 3.05) is 0 Å². The second-order valence-electron chi connectivity index (χ2n) is 4.99. The van der Waals surface area contributed by atoms with E-state index in [1.807, 2.05) is 6.92 Å². The molecule has 0 aromatic carbocycles. The molecule has 0 spiro atoms. The fourth-order valence-electron chi connectivity index (χ4n) is 1.86. The van der Waals surface area contributed by atoms with Crippen LogP contribution in [0.4, 0.5) is 0 Å². The summed E-state index contributed by atoms with van der Waals surface area (Å²) >= 11 is 0. The quantitative estimate of drug-likeness (QED) is 0.733. The Kier molecular flexibility index (Phi) is 3.36. The Bertz CT molecular complexity index is 163. The zero-order valence-corrected chi connectivity index (χ0v) is 9.21. The van der Waals surface area contributed by atoms with E-state index in [9.17, 15) is 5.11 Å². The first-order chi connectivity index (χ1) is 5.91. The van der Waals surface area contributed by atoms with Crippen LogP contribution in [-0.4, -0.2) is 22.9 Å². The summed E-state index contributed by atoms with van der Waals surface area (Å²) in [6, 6.07) is 0. The molecule has 1 heterocycles. The molecular weight excluding hydrogens is 164 g/mol. The largest absolute Gasteiger partial charge is 0.393 e. The van der Waals surface area contributed by atoms with Crippen LogP contribution in [0.2, 0.25) is 0 Å². The van der Waals surface area contributed by atoms with Crippen molar-refractivity contribution in [3.8, 4) is 0 Å². The minimum absolute atomic E-state index is 0.0586. The molecule has 0 amide bonds. The van der Waals surface area contributed by atoms with Crippen molar-refractivity contribution in [3.05, 3.63) is 0 Å². The number of hydrogen-bond acceptors (Lipinski definition) is 2. The van der Waals surface area contributed by atoms with Crippen LogP contribution in [0.15, 0.2) is 0 Å². The van der Waals surface area contributed by atoms with E-state index < -0.39 is 0 Å². The maximum Gasteiger partial charge on any atom is 0.0631 e. The molecule has 1 N–H and O–H groups in total. The van der Waals surface area contributed by atoms with Crippen LogP contribution in [0.5, 0.6) is 0 Å². The van der Waals surface area contributed by atoms with E-state index in [4.69, 9.17) is 4.74 Å². The Morgan fingerprint density at radius 3 is 2.46 bits per heavy atom. The second-order valence-corrected chi connectivity index (χ2v) is 4.99. The Morgan fingerprint density at radius 1 is 1.46 bits per heavy atom. The number of ether oxygens (including phenoxy) is 1. The molecule has 2 heteroatoms. The first kappa shape index (κ1) is 11.0. The summed E-state index contributed by atoms with van der Waals surface area (Å²) in [6.45, 7) is 8.21. The lowest BCUT2D eigenvalue weighted by Crippen LogP contribution is -2.24. The van der Waals surface area contributed by atoms with Crippen molar-refractivity contribution < 1.29 is 9.84 Å². The first-order valence-corrected chi connectivity index (χ1v) is 5.26. The molecule has 1 rings (SSSR count). The van der Waals surface area contributed by atoms with E-state index in [2.05, 4.69) is 20.8 Å². The van der Waals surface area contributed by atoms with Gasteiger partial charge in [-0.3, -0.25) is 0 Å². The predicted molar refractivity (Wildman–Crippen MR) is 53.6 cm³/mol. The lowest BCUT2D eigenvalue weighted by molar-refractivity contribution is -0.0315. The molecule has 0 aromatic rings. The van der Waals surface area contributed by atoms with Crippen LogP contribution in [0.3, 0.4) is 0 Å². The summed E-state index contributed by atoms with van der Waals surface area (Å²) in [5, 5.41) is 9.36. The third kappa shape index (κ3) is 3.28. The maximum atomic E-state index is 9.36. The highest BCUT2D eigenvalue weighted by atomic mass is 16.5. The zero-order chi connectivity index (χ0) is 10.1. The smallest absolute Gasteiger partial charge is 0.0631 e. The van der Waals surface area contributed by atoms with Gasteiger partial charge in [-0.1, -0.05) is 6.92 Å². The third-order valence-corrected chi connectivity index (χ3v) is 3.01. The molecule has 1 fully saturated rings. The van der Waals surface area contributed by atoms with E-state index in [-0.39, 0.29) is 11.7 Å². The van der Waals surface area contributed by atoms with Crippen LogP contribution in [0, 0.1) is 5.92 Å². The predicted octanol–water partition coefficient (Wildman–Crippen LogP) is 2.35. The van der Waals surface area contributed by atoms with Gasteiger partial charge < -0.3 is 9.84 Å². The van der Waals surface area contributed by atoms with Gasteiger partial charge in [-0.25, -0.2) is 0 Å². The van der Waals surface area contributed by atoms with Gasteiger partial charge in [0.1, 0.15) is 0 Å². The van der Waals surface area contributed by atoms with Crippen LogP contribution in [0.25, 0.3) is 0 Å². The SMILES string of the molecule is CC(O)C(C)CC1CCC(C)(C)O1. The molecule has 0 saturated carbocycles. The molecule has 0 aliphatic carbocycles. The molecular formula is C11H22O2. The summed E-state index contributed by atoms with van der Waals surface area (Å²) < 4.78 is 5.86. The van der Waals surface area contributed by atoms with Gasteiger partial charge in [-0.15, -0.1) is 0 Å². The fourth-order valence-corrected chi connectivity index (χ4v) is 1.86. The van der Waals surface area contributed by atoms with Crippen molar-refractivity contribution >= 4 is 0 Å². The maximum absolute atomic E-state index is 9.36. The fraction of sp³-hybridized carbons (Fsp3) is 1.00. The van der Waals surface area contributed by atoms with Gasteiger partial charge in [0.25, 0.3) is 0 Å². The molecule has 78 valence electrons. The Balaban J connectivity index is 2.32. The van der Waals surface area contributed by atoms with Crippen molar-refractivity contribution in [2.24, 2.45) is 5.92 Å². The minimum atomic E-state index is -0.215. The molecule has 3 atom stereocenters. The standard InChI is InChI=1S/C11H22O2/c1-8(9(2)12)7-10-5-6-11(3,4)13-10/h8-10,12H,5-7H2,1-4H3. The summed E-state index contributed by atoms with van der Waals surface area (Å²) in [6.07, 6.45) is 3.42. The Morgan fingerprint density at radius 2 is 2.08 bits per heavy atom. The monoisotopic (exact) mass is 186 g/mol.